The molecule has 1 N–H and O–H groups in total. The van der Waals surface area contributed by atoms with E-state index in [-0.39, 0.29) is 11.8 Å². The lowest BCUT2D eigenvalue weighted by molar-refractivity contribution is -0.118. The van der Waals surface area contributed by atoms with Gasteiger partial charge in [0.2, 0.25) is 5.91 Å². The minimum absolute atomic E-state index is 0.101. The molecule has 1 rings (SSSR count). The molecule has 0 aliphatic heterocycles. The highest BCUT2D eigenvalue weighted by molar-refractivity contribution is 5.94. The monoisotopic (exact) mass is 204 g/mol. The Morgan fingerprint density at radius 2 is 2.13 bits per heavy atom. The lowest BCUT2D eigenvalue weighted by atomic mass is 10.2. The van der Waals surface area contributed by atoms with Crippen molar-refractivity contribution >= 4 is 17.3 Å². The molecule has 0 bridgehead atoms. The first kappa shape index (κ1) is 11.1. The molecule has 0 spiro atoms. The summed E-state index contributed by atoms with van der Waals surface area (Å²) in [4.78, 5) is 14.1. The van der Waals surface area contributed by atoms with Crippen molar-refractivity contribution in [3.63, 3.8) is 0 Å². The molecule has 78 valence electrons. The zero-order valence-corrected chi connectivity index (χ0v) is 8.64. The zero-order chi connectivity index (χ0) is 11.3. The summed E-state index contributed by atoms with van der Waals surface area (Å²) in [6, 6.07) is 6.86. The summed E-state index contributed by atoms with van der Waals surface area (Å²) < 4.78 is 0. The molecule has 0 fully saturated rings. The standard InChI is InChI=1S/C10H12N4O/c1-7(2)10(15)12-8-5-3-4-6-9(8)13-14-11/h3-7H,1-2H3,(H,12,15). The van der Waals surface area contributed by atoms with Crippen LogP contribution in [-0.2, 0) is 4.79 Å². The smallest absolute Gasteiger partial charge is 0.226 e. The zero-order valence-electron chi connectivity index (χ0n) is 8.64. The van der Waals surface area contributed by atoms with Crippen LogP contribution in [0.3, 0.4) is 0 Å². The van der Waals surface area contributed by atoms with Crippen LogP contribution >= 0.6 is 0 Å². The Morgan fingerprint density at radius 1 is 1.47 bits per heavy atom. The van der Waals surface area contributed by atoms with Gasteiger partial charge in [0.05, 0.1) is 11.4 Å². The van der Waals surface area contributed by atoms with Crippen LogP contribution in [0, 0.1) is 5.92 Å². The number of benzene rings is 1. The van der Waals surface area contributed by atoms with Gasteiger partial charge >= 0.3 is 0 Å². The summed E-state index contributed by atoms with van der Waals surface area (Å²) in [6.45, 7) is 3.59. The van der Waals surface area contributed by atoms with Crippen LogP contribution in [0.25, 0.3) is 10.4 Å². The Labute approximate surface area is 87.7 Å². The first-order valence-corrected chi connectivity index (χ1v) is 4.60. The van der Waals surface area contributed by atoms with Crippen LogP contribution < -0.4 is 5.32 Å². The van der Waals surface area contributed by atoms with Gasteiger partial charge < -0.3 is 5.32 Å². The van der Waals surface area contributed by atoms with E-state index in [1.165, 1.54) is 0 Å². The SMILES string of the molecule is CC(C)C(=O)Nc1ccccc1N=[N+]=[N-]. The van der Waals surface area contributed by atoms with Gasteiger partial charge in [0.15, 0.2) is 0 Å². The second-order valence-electron chi connectivity index (χ2n) is 3.35. The van der Waals surface area contributed by atoms with Crippen molar-refractivity contribution in [1.82, 2.24) is 0 Å². The predicted molar refractivity (Wildman–Crippen MR) is 58.7 cm³/mol. The summed E-state index contributed by atoms with van der Waals surface area (Å²) in [5.41, 5.74) is 9.29. The molecule has 0 aliphatic carbocycles. The summed E-state index contributed by atoms with van der Waals surface area (Å²) in [5.74, 6) is -0.209. The number of hydrogen-bond donors (Lipinski definition) is 1. The highest BCUT2D eigenvalue weighted by Gasteiger charge is 2.08. The van der Waals surface area contributed by atoms with E-state index < -0.39 is 0 Å². The maximum atomic E-state index is 11.4. The Hall–Kier alpha value is -2.00. The molecular weight excluding hydrogens is 192 g/mol. The fraction of sp³-hybridized carbons (Fsp3) is 0.300. The van der Waals surface area contributed by atoms with Gasteiger partial charge in [-0.15, -0.1) is 0 Å². The second kappa shape index (κ2) is 5.02. The number of anilines is 1. The molecule has 5 heteroatoms. The van der Waals surface area contributed by atoms with Crippen molar-refractivity contribution in [2.45, 2.75) is 13.8 Å². The molecular formula is C10H12N4O. The summed E-state index contributed by atoms with van der Waals surface area (Å²) in [5, 5.41) is 6.18. The Kier molecular flexibility index (Phi) is 3.71. The Balaban J connectivity index is 2.94. The molecule has 0 heterocycles. The number of carbonyl (C=O) groups is 1. The van der Waals surface area contributed by atoms with Crippen LogP contribution in [0.15, 0.2) is 29.4 Å². The molecule has 0 unspecified atom stereocenters. The van der Waals surface area contributed by atoms with Crippen molar-refractivity contribution < 1.29 is 4.79 Å². The molecule has 0 aromatic heterocycles. The average Bonchev–Trinajstić information content (AvgIpc) is 2.21. The fourth-order valence-corrected chi connectivity index (χ4v) is 0.992. The van der Waals surface area contributed by atoms with Crippen LogP contribution in [0.5, 0.6) is 0 Å². The lowest BCUT2D eigenvalue weighted by Gasteiger charge is -2.09. The van der Waals surface area contributed by atoms with Gasteiger partial charge in [-0.05, 0) is 11.6 Å². The molecule has 15 heavy (non-hydrogen) atoms. The van der Waals surface area contributed by atoms with E-state index in [0.29, 0.717) is 11.4 Å². The Morgan fingerprint density at radius 3 is 2.73 bits per heavy atom. The number of nitrogens with zero attached hydrogens (tertiary/aromatic N) is 3. The molecule has 1 amide bonds. The van der Waals surface area contributed by atoms with Crippen LogP contribution in [0.4, 0.5) is 11.4 Å². The molecule has 0 aliphatic rings. The summed E-state index contributed by atoms with van der Waals surface area (Å²) >= 11 is 0. The fourth-order valence-electron chi connectivity index (χ4n) is 0.992. The predicted octanol–water partition coefficient (Wildman–Crippen LogP) is 3.22. The molecule has 0 saturated carbocycles. The van der Waals surface area contributed by atoms with Crippen molar-refractivity contribution in [2.24, 2.45) is 11.0 Å². The van der Waals surface area contributed by atoms with Crippen LogP contribution in [-0.4, -0.2) is 5.91 Å². The Bertz CT molecular complexity index is 408. The van der Waals surface area contributed by atoms with Gasteiger partial charge in [-0.25, -0.2) is 0 Å². The topological polar surface area (TPSA) is 77.9 Å². The number of azide groups is 1. The summed E-state index contributed by atoms with van der Waals surface area (Å²) in [6.07, 6.45) is 0. The third kappa shape index (κ3) is 3.00. The number of amides is 1. The van der Waals surface area contributed by atoms with Crippen molar-refractivity contribution in [3.8, 4) is 0 Å². The first-order chi connectivity index (χ1) is 7.15. The van der Waals surface area contributed by atoms with Gasteiger partial charge in [0, 0.05) is 10.8 Å². The van der Waals surface area contributed by atoms with E-state index in [1.807, 2.05) is 0 Å². The highest BCUT2D eigenvalue weighted by atomic mass is 16.1. The highest BCUT2D eigenvalue weighted by Crippen LogP contribution is 2.24. The van der Waals surface area contributed by atoms with Crippen LogP contribution in [0.2, 0.25) is 0 Å². The van der Waals surface area contributed by atoms with Crippen molar-refractivity contribution in [1.29, 1.82) is 0 Å². The molecule has 1 aromatic rings. The molecule has 5 nitrogen and oxygen atoms in total. The number of rotatable bonds is 3. The number of hydrogen-bond acceptors (Lipinski definition) is 2. The average molecular weight is 204 g/mol. The molecule has 0 atom stereocenters. The maximum absolute atomic E-state index is 11.4. The van der Waals surface area contributed by atoms with E-state index in [0.717, 1.165) is 0 Å². The van der Waals surface area contributed by atoms with Gasteiger partial charge in [-0.2, -0.15) is 0 Å². The minimum Gasteiger partial charge on any atom is -0.325 e. The van der Waals surface area contributed by atoms with Gasteiger partial charge in [-0.1, -0.05) is 37.2 Å². The van der Waals surface area contributed by atoms with E-state index in [1.54, 1.807) is 38.1 Å². The number of carbonyl (C=O) groups excluding carboxylic acids is 1. The third-order valence-corrected chi connectivity index (χ3v) is 1.84. The van der Waals surface area contributed by atoms with Gasteiger partial charge in [-0.3, -0.25) is 4.79 Å². The van der Waals surface area contributed by atoms with Crippen molar-refractivity contribution in [3.05, 3.63) is 34.7 Å². The third-order valence-electron chi connectivity index (χ3n) is 1.84. The molecule has 0 saturated heterocycles. The van der Waals surface area contributed by atoms with Crippen LogP contribution in [0.1, 0.15) is 13.8 Å². The van der Waals surface area contributed by atoms with Gasteiger partial charge in [0.25, 0.3) is 0 Å². The summed E-state index contributed by atoms with van der Waals surface area (Å²) in [7, 11) is 0. The molecule has 0 radical (unpaired) electrons. The molecule has 1 aromatic carbocycles. The van der Waals surface area contributed by atoms with E-state index in [2.05, 4.69) is 15.3 Å². The lowest BCUT2D eigenvalue weighted by Crippen LogP contribution is -2.17. The van der Waals surface area contributed by atoms with E-state index >= 15 is 0 Å². The number of nitrogens with one attached hydrogen (secondary N) is 1. The normalized spacial score (nSPS) is 9.53. The van der Waals surface area contributed by atoms with E-state index in [9.17, 15) is 4.79 Å². The quantitative estimate of drug-likeness (QED) is 0.458. The number of para-hydroxylation sites is 1. The van der Waals surface area contributed by atoms with Crippen molar-refractivity contribution in [2.75, 3.05) is 5.32 Å². The second-order valence-corrected chi connectivity index (χ2v) is 3.35. The first-order valence-electron chi connectivity index (χ1n) is 4.60. The minimum atomic E-state index is -0.107. The maximum Gasteiger partial charge on any atom is 0.226 e. The van der Waals surface area contributed by atoms with Gasteiger partial charge in [0.1, 0.15) is 0 Å². The largest absolute Gasteiger partial charge is 0.325 e. The van der Waals surface area contributed by atoms with E-state index in [4.69, 9.17) is 5.53 Å².